The van der Waals surface area contributed by atoms with Crippen molar-refractivity contribution >= 4 is 34.5 Å². The van der Waals surface area contributed by atoms with E-state index in [-0.39, 0.29) is 12.4 Å². The number of carbonyl (C=O) groups excluding carboxylic acids is 2. The summed E-state index contributed by atoms with van der Waals surface area (Å²) in [5.41, 5.74) is 9.87. The number of nitrogen functional groups attached to an aromatic ring is 1. The number of methoxy groups -OCH3 is 1. The molecule has 1 fully saturated rings. The molecular formula is C28H32N8O3. The molecule has 11 nitrogen and oxygen atoms in total. The number of nitrogens with one attached hydrogen (secondary N) is 1. The van der Waals surface area contributed by atoms with Crippen LogP contribution in [0.3, 0.4) is 0 Å². The number of amides is 1. The standard InChI is InChI=1S/C28H32N8O3/c1-34-10-12-36(13-11-34)25-22-9-8-20(15-23(22)32-28(29)33-25)26(37)31-24(27(38)39-3)14-18-4-6-19(7-5-18)21-16-30-35(2)17-21/h4-9,15-17,24H,10-14H2,1-3H3,(H,31,37)(H2,29,32,33)/t24-/m0/s1. The van der Waals surface area contributed by atoms with E-state index >= 15 is 0 Å². The molecule has 0 unspecified atom stereocenters. The number of aromatic nitrogens is 4. The number of aryl methyl sites for hydroxylation is 1. The van der Waals surface area contributed by atoms with Crippen LogP contribution in [-0.4, -0.2) is 82.9 Å². The molecule has 1 amide bonds. The molecule has 0 aliphatic carbocycles. The zero-order valence-corrected chi connectivity index (χ0v) is 22.3. The molecule has 0 saturated carbocycles. The van der Waals surface area contributed by atoms with E-state index in [0.717, 1.165) is 54.1 Å². The van der Waals surface area contributed by atoms with Crippen molar-refractivity contribution in [2.24, 2.45) is 7.05 Å². The Labute approximate surface area is 226 Å². The Morgan fingerprint density at radius 2 is 1.77 bits per heavy atom. The van der Waals surface area contributed by atoms with E-state index in [0.29, 0.717) is 11.1 Å². The van der Waals surface area contributed by atoms with Crippen molar-refractivity contribution in [2.45, 2.75) is 12.5 Å². The minimum Gasteiger partial charge on any atom is -0.467 e. The third-order valence-electron chi connectivity index (χ3n) is 6.98. The summed E-state index contributed by atoms with van der Waals surface area (Å²) in [5.74, 6) is -0.0158. The van der Waals surface area contributed by atoms with E-state index in [4.69, 9.17) is 10.5 Å². The summed E-state index contributed by atoms with van der Waals surface area (Å²) in [6.45, 7) is 3.50. The van der Waals surface area contributed by atoms with Gasteiger partial charge in [0.05, 0.1) is 18.8 Å². The van der Waals surface area contributed by atoms with E-state index in [9.17, 15) is 9.59 Å². The van der Waals surface area contributed by atoms with Gasteiger partial charge in [0.2, 0.25) is 5.95 Å². The fraction of sp³-hybridized carbons (Fsp3) is 0.321. The maximum atomic E-state index is 13.2. The van der Waals surface area contributed by atoms with Gasteiger partial charge in [0, 0.05) is 62.4 Å². The van der Waals surface area contributed by atoms with Crippen molar-refractivity contribution < 1.29 is 14.3 Å². The van der Waals surface area contributed by atoms with Gasteiger partial charge >= 0.3 is 5.97 Å². The molecule has 11 heteroatoms. The Morgan fingerprint density at radius 3 is 2.44 bits per heavy atom. The number of benzene rings is 2. The average Bonchev–Trinajstić information content (AvgIpc) is 3.38. The second-order valence-corrected chi connectivity index (χ2v) is 9.78. The number of ether oxygens (including phenoxy) is 1. The Kier molecular flexibility index (Phi) is 7.42. The van der Waals surface area contributed by atoms with Crippen LogP contribution in [-0.2, 0) is 23.0 Å². The van der Waals surface area contributed by atoms with Gasteiger partial charge in [0.15, 0.2) is 0 Å². The Balaban J connectivity index is 1.34. The monoisotopic (exact) mass is 528 g/mol. The predicted molar refractivity (Wildman–Crippen MR) is 149 cm³/mol. The third kappa shape index (κ3) is 5.83. The number of hydrogen-bond acceptors (Lipinski definition) is 9. The van der Waals surface area contributed by atoms with Crippen molar-refractivity contribution in [1.29, 1.82) is 0 Å². The molecule has 0 bridgehead atoms. The minimum atomic E-state index is -0.862. The first-order valence-corrected chi connectivity index (χ1v) is 12.8. The van der Waals surface area contributed by atoms with Gasteiger partial charge in [-0.05, 0) is 36.4 Å². The third-order valence-corrected chi connectivity index (χ3v) is 6.98. The molecule has 1 saturated heterocycles. The topological polar surface area (TPSA) is 132 Å². The Hall–Kier alpha value is -4.51. The van der Waals surface area contributed by atoms with Gasteiger partial charge in [-0.2, -0.15) is 10.1 Å². The molecule has 1 aliphatic rings. The lowest BCUT2D eigenvalue weighted by atomic mass is 10.0. The van der Waals surface area contributed by atoms with Crippen LogP contribution < -0.4 is 16.0 Å². The molecule has 39 heavy (non-hydrogen) atoms. The van der Waals surface area contributed by atoms with Crippen molar-refractivity contribution in [3.63, 3.8) is 0 Å². The summed E-state index contributed by atoms with van der Waals surface area (Å²) in [6, 6.07) is 12.2. The zero-order valence-electron chi connectivity index (χ0n) is 22.3. The smallest absolute Gasteiger partial charge is 0.328 e. The first-order valence-electron chi connectivity index (χ1n) is 12.8. The summed E-state index contributed by atoms with van der Waals surface area (Å²) < 4.78 is 6.73. The molecule has 2 aromatic carbocycles. The van der Waals surface area contributed by atoms with Crippen LogP contribution in [0, 0.1) is 0 Å². The maximum absolute atomic E-state index is 13.2. The largest absolute Gasteiger partial charge is 0.467 e. The van der Waals surface area contributed by atoms with E-state index in [1.165, 1.54) is 7.11 Å². The molecule has 202 valence electrons. The SMILES string of the molecule is COC(=O)[C@H](Cc1ccc(-c2cnn(C)c2)cc1)NC(=O)c1ccc2c(N3CCN(C)CC3)nc(N)nc2c1. The zero-order chi connectivity index (χ0) is 27.5. The second kappa shape index (κ2) is 11.1. The number of nitrogens with two attached hydrogens (primary N) is 1. The summed E-state index contributed by atoms with van der Waals surface area (Å²) in [6.07, 6.45) is 4.01. The average molecular weight is 529 g/mol. The predicted octanol–water partition coefficient (Wildman–Crippen LogP) is 1.88. The van der Waals surface area contributed by atoms with Gasteiger partial charge in [-0.25, -0.2) is 9.78 Å². The summed E-state index contributed by atoms with van der Waals surface area (Å²) in [4.78, 5) is 39.1. The van der Waals surface area contributed by atoms with Crippen molar-refractivity contribution in [1.82, 2.24) is 30.0 Å². The highest BCUT2D eigenvalue weighted by atomic mass is 16.5. The molecule has 5 rings (SSSR count). The summed E-state index contributed by atoms with van der Waals surface area (Å²) in [7, 11) is 5.27. The van der Waals surface area contributed by atoms with Crippen LogP contribution in [0.25, 0.3) is 22.0 Å². The number of hydrogen-bond donors (Lipinski definition) is 2. The molecule has 0 spiro atoms. The number of rotatable bonds is 7. The molecule has 1 atom stereocenters. The Bertz CT molecular complexity index is 1490. The highest BCUT2D eigenvalue weighted by molar-refractivity contribution is 6.01. The maximum Gasteiger partial charge on any atom is 0.328 e. The summed E-state index contributed by atoms with van der Waals surface area (Å²) >= 11 is 0. The van der Waals surface area contributed by atoms with Gasteiger partial charge in [0.1, 0.15) is 11.9 Å². The second-order valence-electron chi connectivity index (χ2n) is 9.78. The van der Waals surface area contributed by atoms with Crippen LogP contribution in [0.2, 0.25) is 0 Å². The van der Waals surface area contributed by atoms with Crippen LogP contribution in [0.4, 0.5) is 11.8 Å². The minimum absolute atomic E-state index is 0.149. The fourth-order valence-electron chi connectivity index (χ4n) is 4.75. The van der Waals surface area contributed by atoms with Crippen molar-refractivity contribution in [3.05, 3.63) is 66.0 Å². The van der Waals surface area contributed by atoms with Gasteiger partial charge in [-0.15, -0.1) is 0 Å². The Morgan fingerprint density at radius 1 is 1.03 bits per heavy atom. The summed E-state index contributed by atoms with van der Waals surface area (Å²) in [5, 5.41) is 7.85. The van der Waals surface area contributed by atoms with Crippen LogP contribution in [0.5, 0.6) is 0 Å². The van der Waals surface area contributed by atoms with Gasteiger partial charge in [-0.1, -0.05) is 24.3 Å². The molecular weight excluding hydrogens is 496 g/mol. The van der Waals surface area contributed by atoms with Crippen LogP contribution in [0.1, 0.15) is 15.9 Å². The number of anilines is 2. The van der Waals surface area contributed by atoms with Crippen LogP contribution in [0.15, 0.2) is 54.9 Å². The first kappa shape index (κ1) is 26.1. The molecule has 1 aliphatic heterocycles. The lowest BCUT2D eigenvalue weighted by Crippen LogP contribution is -2.45. The lowest BCUT2D eigenvalue weighted by molar-refractivity contribution is -0.142. The van der Waals surface area contributed by atoms with E-state index in [2.05, 4.69) is 37.2 Å². The number of esters is 1. The van der Waals surface area contributed by atoms with E-state index < -0.39 is 17.9 Å². The fourth-order valence-corrected chi connectivity index (χ4v) is 4.75. The number of carbonyl (C=O) groups is 2. The van der Waals surface area contributed by atoms with E-state index in [1.54, 1.807) is 23.0 Å². The first-order chi connectivity index (χ1) is 18.8. The lowest BCUT2D eigenvalue weighted by Gasteiger charge is -2.33. The van der Waals surface area contributed by atoms with Gasteiger partial charge in [-0.3, -0.25) is 9.48 Å². The quantitative estimate of drug-likeness (QED) is 0.345. The van der Waals surface area contributed by atoms with E-state index in [1.807, 2.05) is 43.6 Å². The molecule has 4 aromatic rings. The van der Waals surface area contributed by atoms with Crippen molar-refractivity contribution in [3.8, 4) is 11.1 Å². The molecule has 3 N–H and O–H groups in total. The molecule has 0 radical (unpaired) electrons. The number of fused-ring (bicyclic) bond motifs is 1. The number of piperazine rings is 1. The van der Waals surface area contributed by atoms with Gasteiger partial charge < -0.3 is 25.6 Å². The number of likely N-dealkylation sites (N-methyl/N-ethyl adjacent to an activating group) is 1. The van der Waals surface area contributed by atoms with Crippen LogP contribution >= 0.6 is 0 Å². The van der Waals surface area contributed by atoms with Gasteiger partial charge in [0.25, 0.3) is 5.91 Å². The molecule has 2 aromatic heterocycles. The normalized spacial score (nSPS) is 14.8. The number of nitrogens with zero attached hydrogens (tertiary/aromatic N) is 6. The molecule has 3 heterocycles. The van der Waals surface area contributed by atoms with Crippen molar-refractivity contribution in [2.75, 3.05) is 51.0 Å². The highest BCUT2D eigenvalue weighted by Crippen LogP contribution is 2.27. The highest BCUT2D eigenvalue weighted by Gasteiger charge is 2.24.